The Hall–Kier alpha value is -1.88. The van der Waals surface area contributed by atoms with Crippen LogP contribution in [0.2, 0.25) is 0 Å². The highest BCUT2D eigenvalue weighted by molar-refractivity contribution is 5.89. The van der Waals surface area contributed by atoms with Gasteiger partial charge in [-0.15, -0.1) is 0 Å². The van der Waals surface area contributed by atoms with Crippen LogP contribution in [-0.4, -0.2) is 36.4 Å². The van der Waals surface area contributed by atoms with Crippen molar-refractivity contribution in [3.63, 3.8) is 0 Å². The molecule has 0 saturated heterocycles. The molecule has 4 fully saturated rings. The molecule has 0 spiro atoms. The number of methoxy groups -OCH3 is 1. The van der Waals surface area contributed by atoms with Crippen molar-refractivity contribution in [2.24, 2.45) is 46.3 Å². The smallest absolute Gasteiger partial charge is 0.338 e. The highest BCUT2D eigenvalue weighted by atomic mass is 16.5. The first-order valence-corrected chi connectivity index (χ1v) is 14.7. The van der Waals surface area contributed by atoms with Crippen LogP contribution in [0.1, 0.15) is 95.3 Å². The summed E-state index contributed by atoms with van der Waals surface area (Å²) in [5.41, 5.74) is 0.767. The van der Waals surface area contributed by atoms with Gasteiger partial charge in [-0.25, -0.2) is 4.79 Å². The molecule has 0 radical (unpaired) electrons. The van der Waals surface area contributed by atoms with E-state index >= 15 is 0 Å². The lowest BCUT2D eigenvalue weighted by molar-refractivity contribution is -0.175. The van der Waals surface area contributed by atoms with Crippen molar-refractivity contribution in [2.75, 3.05) is 7.11 Å². The number of aliphatic hydroxyl groups is 1. The van der Waals surface area contributed by atoms with E-state index in [4.69, 9.17) is 9.47 Å². The zero-order valence-electron chi connectivity index (χ0n) is 23.2. The number of ether oxygens (including phenoxy) is 2. The number of hydrogen-bond donors (Lipinski definition) is 1. The molecule has 10 atom stereocenters. The lowest BCUT2D eigenvalue weighted by Gasteiger charge is -2.62. The Morgan fingerprint density at radius 1 is 1.03 bits per heavy atom. The third-order valence-electron chi connectivity index (χ3n) is 11.8. The van der Waals surface area contributed by atoms with E-state index in [0.717, 1.165) is 38.5 Å². The van der Waals surface area contributed by atoms with Crippen LogP contribution in [0.15, 0.2) is 30.3 Å². The molecule has 4 aliphatic carbocycles. The van der Waals surface area contributed by atoms with Crippen molar-refractivity contribution in [2.45, 2.75) is 97.2 Å². The predicted octanol–water partition coefficient (Wildman–Crippen LogP) is 6.43. The van der Waals surface area contributed by atoms with Crippen LogP contribution in [0.25, 0.3) is 0 Å². The highest BCUT2D eigenvalue weighted by Crippen LogP contribution is 2.68. The molecule has 0 aliphatic heterocycles. The third-order valence-corrected chi connectivity index (χ3v) is 11.8. The third kappa shape index (κ3) is 4.64. The normalized spacial score (nSPS) is 41.6. The van der Waals surface area contributed by atoms with Crippen molar-refractivity contribution in [3.8, 4) is 0 Å². The van der Waals surface area contributed by atoms with Crippen molar-refractivity contribution in [1.82, 2.24) is 0 Å². The van der Waals surface area contributed by atoms with Crippen molar-refractivity contribution < 1.29 is 24.2 Å². The Labute approximate surface area is 222 Å². The van der Waals surface area contributed by atoms with Gasteiger partial charge in [-0.3, -0.25) is 4.79 Å². The van der Waals surface area contributed by atoms with E-state index in [1.165, 1.54) is 26.4 Å². The van der Waals surface area contributed by atoms with Gasteiger partial charge in [0.05, 0.1) is 18.8 Å². The maximum atomic E-state index is 12.7. The van der Waals surface area contributed by atoms with Crippen molar-refractivity contribution in [1.29, 1.82) is 0 Å². The maximum absolute atomic E-state index is 12.7. The zero-order chi connectivity index (χ0) is 26.4. The van der Waals surface area contributed by atoms with Crippen LogP contribution >= 0.6 is 0 Å². The van der Waals surface area contributed by atoms with Gasteiger partial charge in [-0.2, -0.15) is 0 Å². The van der Waals surface area contributed by atoms with Crippen LogP contribution in [0.4, 0.5) is 0 Å². The minimum absolute atomic E-state index is 0.00682. The minimum Gasteiger partial charge on any atom is -0.469 e. The summed E-state index contributed by atoms with van der Waals surface area (Å²) in [5.74, 6) is 2.82. The summed E-state index contributed by atoms with van der Waals surface area (Å²) in [5, 5.41) is 11.8. The number of esters is 2. The first-order chi connectivity index (χ1) is 17.7. The van der Waals surface area contributed by atoms with Gasteiger partial charge in [0.25, 0.3) is 0 Å². The fraction of sp³-hybridized carbons (Fsp3) is 0.750. The second kappa shape index (κ2) is 10.4. The monoisotopic (exact) mass is 510 g/mol. The van der Waals surface area contributed by atoms with Crippen molar-refractivity contribution >= 4 is 11.9 Å². The van der Waals surface area contributed by atoms with Crippen LogP contribution in [-0.2, 0) is 14.3 Å². The Bertz CT molecular complexity index is 977. The molecule has 0 heterocycles. The van der Waals surface area contributed by atoms with Crippen LogP contribution < -0.4 is 0 Å². The average Bonchev–Trinajstić information content (AvgIpc) is 3.27. The number of carbonyl (C=O) groups excluding carboxylic acids is 2. The molecule has 4 saturated carbocycles. The number of aliphatic hydroxyl groups excluding tert-OH is 1. The molecular weight excluding hydrogens is 464 g/mol. The molecule has 1 aromatic carbocycles. The fourth-order valence-electron chi connectivity index (χ4n) is 9.69. The molecule has 1 N–H and O–H groups in total. The quantitative estimate of drug-likeness (QED) is 0.447. The van der Waals surface area contributed by atoms with Gasteiger partial charge >= 0.3 is 11.9 Å². The molecule has 0 amide bonds. The first kappa shape index (κ1) is 26.7. The molecule has 0 unspecified atom stereocenters. The molecule has 204 valence electrons. The number of hydrogen-bond acceptors (Lipinski definition) is 5. The fourth-order valence-corrected chi connectivity index (χ4v) is 9.69. The summed E-state index contributed by atoms with van der Waals surface area (Å²) in [6, 6.07) is 9.33. The Morgan fingerprint density at radius 3 is 2.51 bits per heavy atom. The number of carbonyl (C=O) groups is 2. The van der Waals surface area contributed by atoms with E-state index in [9.17, 15) is 14.7 Å². The van der Waals surface area contributed by atoms with Gasteiger partial charge in [0.1, 0.15) is 6.10 Å². The van der Waals surface area contributed by atoms with E-state index < -0.39 is 0 Å². The minimum atomic E-state index is -0.295. The number of rotatable bonds is 6. The van der Waals surface area contributed by atoms with Gasteiger partial charge < -0.3 is 14.6 Å². The molecular formula is C32H46O5. The first-order valence-electron chi connectivity index (χ1n) is 14.7. The van der Waals surface area contributed by atoms with Gasteiger partial charge in [0.15, 0.2) is 0 Å². The summed E-state index contributed by atoms with van der Waals surface area (Å²) in [6.45, 7) is 7.11. The largest absolute Gasteiger partial charge is 0.469 e. The standard InChI is InChI=1S/C32H46O5/c1-20(10-15-29(34)36-4)25-13-14-26-24-12-11-22-18-23(37-30(35)21-8-6-5-7-9-21)16-17-31(22,2)27(24)19-28(33)32(25,26)3/h5-9,20,22-28,33H,10-19H2,1-4H3/t20-,22-,23+,24-,25+,26-,27-,28-,31-,32+/m0/s1. The van der Waals surface area contributed by atoms with Gasteiger partial charge in [-0.05, 0) is 116 Å². The summed E-state index contributed by atoms with van der Waals surface area (Å²) >= 11 is 0. The summed E-state index contributed by atoms with van der Waals surface area (Å²) in [6.07, 6.45) is 9.59. The Kier molecular flexibility index (Phi) is 7.48. The van der Waals surface area contributed by atoms with Gasteiger partial charge in [0.2, 0.25) is 0 Å². The van der Waals surface area contributed by atoms with Gasteiger partial charge in [0, 0.05) is 6.42 Å². The van der Waals surface area contributed by atoms with Gasteiger partial charge in [-0.1, -0.05) is 39.0 Å². The molecule has 1 aromatic rings. The molecule has 37 heavy (non-hydrogen) atoms. The lowest BCUT2D eigenvalue weighted by Crippen LogP contribution is -2.59. The van der Waals surface area contributed by atoms with Crippen molar-refractivity contribution in [3.05, 3.63) is 35.9 Å². The van der Waals surface area contributed by atoms with E-state index in [1.54, 1.807) is 0 Å². The predicted molar refractivity (Wildman–Crippen MR) is 143 cm³/mol. The summed E-state index contributed by atoms with van der Waals surface area (Å²) < 4.78 is 10.9. The topological polar surface area (TPSA) is 72.8 Å². The van der Waals surface area contributed by atoms with E-state index in [0.29, 0.717) is 47.5 Å². The van der Waals surface area contributed by atoms with E-state index in [2.05, 4.69) is 20.8 Å². The summed E-state index contributed by atoms with van der Waals surface area (Å²) in [7, 11) is 1.46. The van der Waals surface area contributed by atoms with E-state index in [-0.39, 0.29) is 35.0 Å². The molecule has 0 aromatic heterocycles. The molecule has 0 bridgehead atoms. The SMILES string of the molecule is COC(=O)CC[C@H](C)[C@H]1CC[C@H]2[C@@H]3CC[C@H]4C[C@H](OC(=O)c5ccccc5)CC[C@]4(C)[C@H]3C[C@H](O)[C@]12C. The molecule has 5 nitrogen and oxygen atoms in total. The second-order valence-electron chi connectivity index (χ2n) is 13.2. The number of fused-ring (bicyclic) bond motifs is 5. The molecule has 5 heteroatoms. The second-order valence-corrected chi connectivity index (χ2v) is 13.2. The lowest BCUT2D eigenvalue weighted by atomic mass is 9.43. The summed E-state index contributed by atoms with van der Waals surface area (Å²) in [4.78, 5) is 24.5. The Morgan fingerprint density at radius 2 is 1.78 bits per heavy atom. The highest BCUT2D eigenvalue weighted by Gasteiger charge is 2.63. The molecule has 5 rings (SSSR count). The average molecular weight is 511 g/mol. The van der Waals surface area contributed by atoms with E-state index in [1.807, 2.05) is 30.3 Å². The maximum Gasteiger partial charge on any atom is 0.338 e. The molecule has 4 aliphatic rings. The van der Waals surface area contributed by atoms with Crippen LogP contribution in [0.5, 0.6) is 0 Å². The Balaban J connectivity index is 1.27. The van der Waals surface area contributed by atoms with Crippen LogP contribution in [0.3, 0.4) is 0 Å². The zero-order valence-corrected chi connectivity index (χ0v) is 23.2. The number of benzene rings is 1. The van der Waals surface area contributed by atoms with Crippen LogP contribution in [0, 0.1) is 46.3 Å².